The second-order valence-corrected chi connectivity index (χ2v) is 6.63. The quantitative estimate of drug-likeness (QED) is 0.531. The molecule has 3 aromatic rings. The van der Waals surface area contributed by atoms with Crippen molar-refractivity contribution in [2.75, 3.05) is 10.6 Å². The summed E-state index contributed by atoms with van der Waals surface area (Å²) < 4.78 is 0.679. The van der Waals surface area contributed by atoms with Crippen LogP contribution in [0, 0.1) is 6.92 Å². The van der Waals surface area contributed by atoms with Gasteiger partial charge in [0.2, 0.25) is 5.95 Å². The Morgan fingerprint density at radius 1 is 1.12 bits per heavy atom. The fourth-order valence-corrected chi connectivity index (χ4v) is 2.84. The van der Waals surface area contributed by atoms with Crippen molar-refractivity contribution in [3.05, 3.63) is 69.3 Å². The fraction of sp³-hybridized carbons (Fsp3) is 0.111. The van der Waals surface area contributed by atoms with Gasteiger partial charge in [0, 0.05) is 27.6 Å². The van der Waals surface area contributed by atoms with Crippen molar-refractivity contribution in [1.29, 1.82) is 0 Å². The molecule has 0 bridgehead atoms. The lowest BCUT2D eigenvalue weighted by atomic mass is 10.2. The second kappa shape index (κ2) is 7.82. The number of aliphatic hydroxyl groups excluding tert-OH is 1. The molecular formula is C18H16BrClN4O. The van der Waals surface area contributed by atoms with E-state index in [0.717, 1.165) is 11.3 Å². The maximum atomic E-state index is 9.42. The SMILES string of the molecule is Cc1cnc(Nc2cc(Cl)c(Br)c(CO)c2)nc1Nc1ccccc1. The summed E-state index contributed by atoms with van der Waals surface area (Å²) in [6.45, 7) is 1.82. The molecule has 0 saturated heterocycles. The maximum absolute atomic E-state index is 9.42. The molecule has 1 aromatic heterocycles. The summed E-state index contributed by atoms with van der Waals surface area (Å²) in [5, 5.41) is 16.3. The number of para-hydroxylation sites is 1. The Labute approximate surface area is 159 Å². The molecule has 0 aliphatic heterocycles. The van der Waals surface area contributed by atoms with E-state index in [2.05, 4.69) is 36.5 Å². The number of nitrogens with zero attached hydrogens (tertiary/aromatic N) is 2. The Balaban J connectivity index is 1.86. The number of anilines is 4. The van der Waals surface area contributed by atoms with E-state index < -0.39 is 0 Å². The zero-order valence-corrected chi connectivity index (χ0v) is 15.8. The first-order valence-electron chi connectivity index (χ1n) is 7.58. The second-order valence-electron chi connectivity index (χ2n) is 5.43. The number of aromatic nitrogens is 2. The lowest BCUT2D eigenvalue weighted by molar-refractivity contribution is 0.281. The van der Waals surface area contributed by atoms with E-state index in [1.807, 2.05) is 37.3 Å². The first-order chi connectivity index (χ1) is 12.1. The maximum Gasteiger partial charge on any atom is 0.229 e. The summed E-state index contributed by atoms with van der Waals surface area (Å²) in [5.74, 6) is 1.15. The Morgan fingerprint density at radius 3 is 2.60 bits per heavy atom. The van der Waals surface area contributed by atoms with Crippen molar-refractivity contribution in [2.45, 2.75) is 13.5 Å². The lowest BCUT2D eigenvalue weighted by Gasteiger charge is -2.12. The van der Waals surface area contributed by atoms with Crippen LogP contribution in [0.2, 0.25) is 5.02 Å². The number of hydrogen-bond donors (Lipinski definition) is 3. The molecule has 0 atom stereocenters. The average molecular weight is 420 g/mol. The van der Waals surface area contributed by atoms with Crippen LogP contribution in [0.1, 0.15) is 11.1 Å². The third-order valence-corrected chi connectivity index (χ3v) is 5.00. The summed E-state index contributed by atoms with van der Waals surface area (Å²) >= 11 is 9.53. The number of nitrogens with one attached hydrogen (secondary N) is 2. The van der Waals surface area contributed by atoms with Gasteiger partial charge in [0.25, 0.3) is 0 Å². The molecule has 0 spiro atoms. The minimum Gasteiger partial charge on any atom is -0.392 e. The predicted molar refractivity (Wildman–Crippen MR) is 105 cm³/mol. The molecule has 0 unspecified atom stereocenters. The van der Waals surface area contributed by atoms with E-state index >= 15 is 0 Å². The third kappa shape index (κ3) is 4.28. The summed E-state index contributed by atoms with van der Waals surface area (Å²) in [5.41, 5.74) is 3.26. The van der Waals surface area contributed by atoms with Gasteiger partial charge in [0.15, 0.2) is 0 Å². The van der Waals surface area contributed by atoms with Gasteiger partial charge in [0.05, 0.1) is 11.6 Å². The molecule has 1 heterocycles. The summed E-state index contributed by atoms with van der Waals surface area (Å²) in [6, 6.07) is 13.4. The van der Waals surface area contributed by atoms with Crippen LogP contribution in [-0.2, 0) is 6.61 Å². The first kappa shape index (κ1) is 17.7. The van der Waals surface area contributed by atoms with Gasteiger partial charge in [-0.15, -0.1) is 0 Å². The highest BCUT2D eigenvalue weighted by atomic mass is 79.9. The van der Waals surface area contributed by atoms with Crippen LogP contribution in [0.5, 0.6) is 0 Å². The smallest absolute Gasteiger partial charge is 0.229 e. The van der Waals surface area contributed by atoms with Crippen LogP contribution in [0.25, 0.3) is 0 Å². The van der Waals surface area contributed by atoms with Crippen molar-refractivity contribution in [2.24, 2.45) is 0 Å². The highest BCUT2D eigenvalue weighted by Crippen LogP contribution is 2.31. The van der Waals surface area contributed by atoms with Gasteiger partial charge in [0.1, 0.15) is 5.82 Å². The molecule has 2 aromatic carbocycles. The van der Waals surface area contributed by atoms with Gasteiger partial charge in [-0.3, -0.25) is 0 Å². The Hall–Kier alpha value is -2.15. The van der Waals surface area contributed by atoms with Gasteiger partial charge in [-0.1, -0.05) is 29.8 Å². The summed E-state index contributed by atoms with van der Waals surface area (Å²) in [6.07, 6.45) is 1.74. The fourth-order valence-electron chi connectivity index (χ4n) is 2.25. The first-order valence-corrected chi connectivity index (χ1v) is 8.75. The predicted octanol–water partition coefficient (Wildman–Crippen LogP) is 5.18. The molecule has 3 rings (SSSR count). The summed E-state index contributed by atoms with van der Waals surface area (Å²) in [7, 11) is 0. The number of hydrogen-bond acceptors (Lipinski definition) is 5. The van der Waals surface area contributed by atoms with Gasteiger partial charge < -0.3 is 15.7 Å². The molecule has 5 nitrogen and oxygen atoms in total. The van der Waals surface area contributed by atoms with Gasteiger partial charge >= 0.3 is 0 Å². The molecular weight excluding hydrogens is 404 g/mol. The van der Waals surface area contributed by atoms with E-state index in [0.29, 0.717) is 32.5 Å². The van der Waals surface area contributed by atoms with Gasteiger partial charge in [-0.2, -0.15) is 4.98 Å². The van der Waals surface area contributed by atoms with Crippen molar-refractivity contribution >= 4 is 50.7 Å². The van der Waals surface area contributed by atoms with Crippen LogP contribution in [-0.4, -0.2) is 15.1 Å². The molecule has 128 valence electrons. The van der Waals surface area contributed by atoms with Crippen molar-refractivity contribution < 1.29 is 5.11 Å². The third-order valence-electron chi connectivity index (χ3n) is 3.54. The Bertz CT molecular complexity index is 890. The Kier molecular flexibility index (Phi) is 5.53. The number of aryl methyl sites for hydroxylation is 1. The van der Waals surface area contributed by atoms with E-state index in [9.17, 15) is 5.11 Å². The number of aliphatic hydroxyl groups is 1. The van der Waals surface area contributed by atoms with E-state index in [4.69, 9.17) is 11.6 Å². The largest absolute Gasteiger partial charge is 0.392 e. The molecule has 25 heavy (non-hydrogen) atoms. The van der Waals surface area contributed by atoms with Crippen molar-refractivity contribution in [3.8, 4) is 0 Å². The van der Waals surface area contributed by atoms with Crippen LogP contribution in [0.15, 0.2) is 53.1 Å². The number of halogens is 2. The normalized spacial score (nSPS) is 10.6. The molecule has 0 radical (unpaired) electrons. The average Bonchev–Trinajstić information content (AvgIpc) is 2.61. The lowest BCUT2D eigenvalue weighted by Crippen LogP contribution is -2.03. The van der Waals surface area contributed by atoms with E-state index in [1.54, 1.807) is 18.3 Å². The zero-order valence-electron chi connectivity index (χ0n) is 13.4. The van der Waals surface area contributed by atoms with Crippen LogP contribution in [0.3, 0.4) is 0 Å². The van der Waals surface area contributed by atoms with Crippen molar-refractivity contribution in [3.63, 3.8) is 0 Å². The van der Waals surface area contributed by atoms with Gasteiger partial charge in [-0.25, -0.2) is 4.98 Å². The van der Waals surface area contributed by atoms with Gasteiger partial charge in [-0.05, 0) is 52.7 Å². The highest BCUT2D eigenvalue weighted by molar-refractivity contribution is 9.10. The van der Waals surface area contributed by atoms with Crippen LogP contribution >= 0.6 is 27.5 Å². The van der Waals surface area contributed by atoms with Crippen LogP contribution < -0.4 is 10.6 Å². The molecule has 0 saturated carbocycles. The van der Waals surface area contributed by atoms with Crippen LogP contribution in [0.4, 0.5) is 23.1 Å². The zero-order chi connectivity index (χ0) is 17.8. The molecule has 0 amide bonds. The van der Waals surface area contributed by atoms with E-state index in [1.165, 1.54) is 0 Å². The molecule has 7 heteroatoms. The highest BCUT2D eigenvalue weighted by Gasteiger charge is 2.09. The molecule has 0 fully saturated rings. The van der Waals surface area contributed by atoms with E-state index in [-0.39, 0.29) is 6.61 Å². The number of benzene rings is 2. The molecule has 0 aliphatic carbocycles. The topological polar surface area (TPSA) is 70.1 Å². The minimum atomic E-state index is -0.120. The minimum absolute atomic E-state index is 0.120. The molecule has 3 N–H and O–H groups in total. The number of rotatable bonds is 5. The Morgan fingerprint density at radius 2 is 1.88 bits per heavy atom. The standard InChI is InChI=1S/C18H16BrClN4O/c1-11-9-21-18(24-17(11)22-13-5-3-2-4-6-13)23-14-7-12(10-25)16(19)15(20)8-14/h2-9,25H,10H2,1H3,(H2,21,22,23,24). The summed E-state index contributed by atoms with van der Waals surface area (Å²) in [4.78, 5) is 8.82. The van der Waals surface area contributed by atoms with Crippen molar-refractivity contribution in [1.82, 2.24) is 9.97 Å². The molecule has 0 aliphatic rings. The monoisotopic (exact) mass is 418 g/mol.